The Bertz CT molecular complexity index is 797. The lowest BCUT2D eigenvalue weighted by molar-refractivity contribution is 0.263. The smallest absolute Gasteiger partial charge is 0.126 e. The molecule has 2 aromatic heterocycles. The third kappa shape index (κ3) is 2.75. The first-order valence-electron chi connectivity index (χ1n) is 7.11. The van der Waals surface area contributed by atoms with Gasteiger partial charge in [-0.1, -0.05) is 0 Å². The van der Waals surface area contributed by atoms with Crippen LogP contribution in [0.1, 0.15) is 0 Å². The summed E-state index contributed by atoms with van der Waals surface area (Å²) in [6.45, 7) is 1.43. The van der Waals surface area contributed by atoms with E-state index in [1.807, 2.05) is 43.6 Å². The van der Waals surface area contributed by atoms with Crippen molar-refractivity contribution in [1.29, 1.82) is 0 Å². The highest BCUT2D eigenvalue weighted by molar-refractivity contribution is 7.21. The van der Waals surface area contributed by atoms with E-state index in [2.05, 4.69) is 15.3 Å². The number of hydrogen-bond acceptors (Lipinski definition) is 6. The standard InChI is InChI=1S/C16H15N3O2S/c1-17-15-5-2-10(7-18-15)16-19-13-4-3-11(6-14(13)22-16)20-8-12-9-21-12/h2-7,12H,8-9H2,1H3,(H,17,18)/t12-/m1/s1. The highest BCUT2D eigenvalue weighted by atomic mass is 32.1. The Labute approximate surface area is 131 Å². The van der Waals surface area contributed by atoms with E-state index in [-0.39, 0.29) is 6.10 Å². The Hall–Kier alpha value is -2.18. The van der Waals surface area contributed by atoms with Crippen LogP contribution in [0.2, 0.25) is 0 Å². The molecule has 1 aromatic carbocycles. The number of aromatic nitrogens is 2. The number of rotatable bonds is 5. The maximum Gasteiger partial charge on any atom is 0.126 e. The van der Waals surface area contributed by atoms with Gasteiger partial charge in [-0.2, -0.15) is 0 Å². The van der Waals surface area contributed by atoms with Crippen LogP contribution in [0.25, 0.3) is 20.8 Å². The number of thiazole rings is 1. The van der Waals surface area contributed by atoms with Crippen molar-refractivity contribution in [3.8, 4) is 16.3 Å². The number of fused-ring (bicyclic) bond motifs is 1. The van der Waals surface area contributed by atoms with Gasteiger partial charge in [0.05, 0.1) is 16.8 Å². The van der Waals surface area contributed by atoms with Crippen LogP contribution in [0, 0.1) is 0 Å². The van der Waals surface area contributed by atoms with Crippen molar-refractivity contribution in [3.63, 3.8) is 0 Å². The lowest BCUT2D eigenvalue weighted by atomic mass is 10.3. The van der Waals surface area contributed by atoms with E-state index in [1.54, 1.807) is 11.3 Å². The number of nitrogens with one attached hydrogen (secondary N) is 1. The van der Waals surface area contributed by atoms with Crippen LogP contribution < -0.4 is 10.1 Å². The predicted octanol–water partition coefficient (Wildman–Crippen LogP) is 3.18. The molecule has 1 aliphatic rings. The molecule has 1 atom stereocenters. The lowest BCUT2D eigenvalue weighted by Gasteiger charge is -2.02. The largest absolute Gasteiger partial charge is 0.491 e. The highest BCUT2D eigenvalue weighted by Crippen LogP contribution is 2.32. The van der Waals surface area contributed by atoms with Gasteiger partial charge in [0.15, 0.2) is 0 Å². The molecular formula is C16H15N3O2S. The number of hydrogen-bond donors (Lipinski definition) is 1. The molecule has 0 amide bonds. The summed E-state index contributed by atoms with van der Waals surface area (Å²) < 4.78 is 12.0. The van der Waals surface area contributed by atoms with Crippen molar-refractivity contribution in [2.45, 2.75) is 6.10 Å². The van der Waals surface area contributed by atoms with Crippen LogP contribution >= 0.6 is 11.3 Å². The molecule has 3 aromatic rings. The minimum Gasteiger partial charge on any atom is -0.491 e. The molecule has 0 unspecified atom stereocenters. The highest BCUT2D eigenvalue weighted by Gasteiger charge is 2.23. The van der Waals surface area contributed by atoms with Gasteiger partial charge >= 0.3 is 0 Å². The van der Waals surface area contributed by atoms with Crippen molar-refractivity contribution in [1.82, 2.24) is 9.97 Å². The molecular weight excluding hydrogens is 298 g/mol. The van der Waals surface area contributed by atoms with Gasteiger partial charge in [-0.3, -0.25) is 0 Å². The van der Waals surface area contributed by atoms with Crippen molar-refractivity contribution < 1.29 is 9.47 Å². The van der Waals surface area contributed by atoms with Gasteiger partial charge in [0.25, 0.3) is 0 Å². The number of nitrogens with zero attached hydrogens (tertiary/aromatic N) is 2. The molecule has 3 heterocycles. The molecule has 1 saturated heterocycles. The summed E-state index contributed by atoms with van der Waals surface area (Å²) in [7, 11) is 1.86. The second-order valence-corrected chi connectivity index (χ2v) is 6.13. The minimum atomic E-state index is 0.268. The van der Waals surface area contributed by atoms with E-state index in [9.17, 15) is 0 Å². The molecule has 22 heavy (non-hydrogen) atoms. The molecule has 1 N–H and O–H groups in total. The van der Waals surface area contributed by atoms with Gasteiger partial charge in [0.1, 0.15) is 29.3 Å². The molecule has 0 saturated carbocycles. The maximum atomic E-state index is 5.72. The van der Waals surface area contributed by atoms with Gasteiger partial charge in [-0.25, -0.2) is 9.97 Å². The Morgan fingerprint density at radius 3 is 3.00 bits per heavy atom. The second kappa shape index (κ2) is 5.55. The van der Waals surface area contributed by atoms with Gasteiger partial charge in [-0.15, -0.1) is 11.3 Å². The van der Waals surface area contributed by atoms with Crippen LogP contribution in [-0.4, -0.2) is 36.3 Å². The summed E-state index contributed by atoms with van der Waals surface area (Å²) in [4.78, 5) is 9.00. The Balaban J connectivity index is 1.60. The van der Waals surface area contributed by atoms with Crippen LogP contribution in [0.3, 0.4) is 0 Å². The first-order valence-corrected chi connectivity index (χ1v) is 7.92. The van der Waals surface area contributed by atoms with Gasteiger partial charge in [0.2, 0.25) is 0 Å². The number of ether oxygens (including phenoxy) is 2. The fourth-order valence-corrected chi connectivity index (χ4v) is 3.12. The molecule has 0 aliphatic carbocycles. The molecule has 5 nitrogen and oxygen atoms in total. The van der Waals surface area contributed by atoms with Crippen molar-refractivity contribution in [2.24, 2.45) is 0 Å². The first kappa shape index (κ1) is 13.5. The summed E-state index contributed by atoms with van der Waals surface area (Å²) in [5.74, 6) is 1.71. The summed E-state index contributed by atoms with van der Waals surface area (Å²) >= 11 is 1.65. The molecule has 1 aliphatic heterocycles. The van der Waals surface area contributed by atoms with E-state index in [1.165, 1.54) is 0 Å². The zero-order chi connectivity index (χ0) is 14.9. The van der Waals surface area contributed by atoms with Gasteiger partial charge in [0, 0.05) is 18.8 Å². The summed E-state index contributed by atoms with van der Waals surface area (Å²) in [6, 6.07) is 9.96. The summed E-state index contributed by atoms with van der Waals surface area (Å²) in [6.07, 6.45) is 2.11. The number of pyridine rings is 1. The van der Waals surface area contributed by atoms with Gasteiger partial charge < -0.3 is 14.8 Å². The number of epoxide rings is 1. The Morgan fingerprint density at radius 1 is 1.36 bits per heavy atom. The fraction of sp³-hybridized carbons (Fsp3) is 0.250. The zero-order valence-electron chi connectivity index (χ0n) is 12.1. The van der Waals surface area contributed by atoms with Crippen molar-refractivity contribution in [2.75, 3.05) is 25.6 Å². The molecule has 0 radical (unpaired) electrons. The van der Waals surface area contributed by atoms with Crippen molar-refractivity contribution in [3.05, 3.63) is 36.5 Å². The van der Waals surface area contributed by atoms with E-state index < -0.39 is 0 Å². The molecule has 0 bridgehead atoms. The normalized spacial score (nSPS) is 16.7. The number of anilines is 1. The quantitative estimate of drug-likeness (QED) is 0.733. The second-order valence-electron chi connectivity index (χ2n) is 5.10. The molecule has 6 heteroatoms. The topological polar surface area (TPSA) is 59.6 Å². The van der Waals surface area contributed by atoms with E-state index >= 15 is 0 Å². The molecule has 0 spiro atoms. The van der Waals surface area contributed by atoms with Crippen LogP contribution in [0.5, 0.6) is 5.75 Å². The summed E-state index contributed by atoms with van der Waals surface area (Å²) in [5.41, 5.74) is 2.00. The Kier molecular flexibility index (Phi) is 3.40. The maximum absolute atomic E-state index is 5.72. The van der Waals surface area contributed by atoms with Crippen LogP contribution in [0.15, 0.2) is 36.5 Å². The van der Waals surface area contributed by atoms with E-state index in [0.29, 0.717) is 6.61 Å². The third-order valence-electron chi connectivity index (χ3n) is 3.46. The monoisotopic (exact) mass is 313 g/mol. The minimum absolute atomic E-state index is 0.268. The average molecular weight is 313 g/mol. The molecule has 1 fully saturated rings. The van der Waals surface area contributed by atoms with Gasteiger partial charge in [-0.05, 0) is 30.3 Å². The zero-order valence-corrected chi connectivity index (χ0v) is 12.9. The lowest BCUT2D eigenvalue weighted by Crippen LogP contribution is -2.03. The average Bonchev–Trinajstić information content (AvgIpc) is 3.30. The first-order chi connectivity index (χ1) is 10.8. The Morgan fingerprint density at radius 2 is 2.27 bits per heavy atom. The fourth-order valence-electron chi connectivity index (χ4n) is 2.14. The predicted molar refractivity (Wildman–Crippen MR) is 87.6 cm³/mol. The summed E-state index contributed by atoms with van der Waals surface area (Å²) in [5, 5.41) is 3.98. The van der Waals surface area contributed by atoms with E-state index in [4.69, 9.17) is 9.47 Å². The SMILES string of the molecule is CNc1ccc(-c2nc3ccc(OC[C@@H]4CO4)cc3s2)cn1. The van der Waals surface area contributed by atoms with Crippen LogP contribution in [0.4, 0.5) is 5.82 Å². The molecule has 4 rings (SSSR count). The van der Waals surface area contributed by atoms with E-state index in [0.717, 1.165) is 39.0 Å². The number of benzene rings is 1. The third-order valence-corrected chi connectivity index (χ3v) is 4.53. The molecule has 112 valence electrons. The van der Waals surface area contributed by atoms with Crippen LogP contribution in [-0.2, 0) is 4.74 Å². The van der Waals surface area contributed by atoms with Crippen molar-refractivity contribution >= 4 is 27.4 Å².